The van der Waals surface area contributed by atoms with Gasteiger partial charge in [0.15, 0.2) is 0 Å². The van der Waals surface area contributed by atoms with Crippen molar-refractivity contribution >= 4 is 11.0 Å². The van der Waals surface area contributed by atoms with Gasteiger partial charge in [0, 0.05) is 31.9 Å². The van der Waals surface area contributed by atoms with Gasteiger partial charge in [-0.15, -0.1) is 0 Å². The zero-order valence-electron chi connectivity index (χ0n) is 14.7. The predicted octanol–water partition coefficient (Wildman–Crippen LogP) is 2.35. The Hall–Kier alpha value is -2.18. The monoisotopic (exact) mass is 327 g/mol. The summed E-state index contributed by atoms with van der Waals surface area (Å²) in [6.07, 6.45) is 3.54. The van der Waals surface area contributed by atoms with E-state index in [9.17, 15) is 5.11 Å². The van der Waals surface area contributed by atoms with Crippen molar-refractivity contribution in [1.82, 2.24) is 24.6 Å². The van der Waals surface area contributed by atoms with Gasteiger partial charge in [0.2, 0.25) is 0 Å². The van der Waals surface area contributed by atoms with Gasteiger partial charge in [-0.3, -0.25) is 4.68 Å². The molecule has 24 heavy (non-hydrogen) atoms. The fourth-order valence-corrected chi connectivity index (χ4v) is 3.00. The van der Waals surface area contributed by atoms with Crippen molar-refractivity contribution < 1.29 is 5.11 Å². The van der Waals surface area contributed by atoms with Crippen LogP contribution in [0.2, 0.25) is 0 Å². The van der Waals surface area contributed by atoms with E-state index in [4.69, 9.17) is 4.98 Å². The number of nitrogens with one attached hydrogen (secondary N) is 1. The van der Waals surface area contributed by atoms with E-state index < -0.39 is 5.60 Å². The molecule has 0 saturated heterocycles. The van der Waals surface area contributed by atoms with Crippen LogP contribution in [0.3, 0.4) is 0 Å². The lowest BCUT2D eigenvalue weighted by molar-refractivity contribution is 0.0539. The molecule has 0 bridgehead atoms. The number of benzene rings is 1. The van der Waals surface area contributed by atoms with E-state index in [1.54, 1.807) is 17.8 Å². The second kappa shape index (κ2) is 6.37. The molecule has 0 amide bonds. The van der Waals surface area contributed by atoms with Gasteiger partial charge in [-0.2, -0.15) is 5.10 Å². The number of aliphatic hydroxyl groups is 1. The van der Waals surface area contributed by atoms with Crippen molar-refractivity contribution in [2.75, 3.05) is 6.54 Å². The molecule has 0 saturated carbocycles. The Balaban J connectivity index is 1.79. The van der Waals surface area contributed by atoms with Crippen LogP contribution >= 0.6 is 0 Å². The third kappa shape index (κ3) is 3.07. The van der Waals surface area contributed by atoms with Crippen molar-refractivity contribution in [1.29, 1.82) is 0 Å². The van der Waals surface area contributed by atoms with Crippen LogP contribution in [0, 0.1) is 0 Å². The van der Waals surface area contributed by atoms with E-state index in [0.717, 1.165) is 29.0 Å². The molecule has 6 heteroatoms. The van der Waals surface area contributed by atoms with Crippen LogP contribution in [0.25, 0.3) is 11.0 Å². The quantitative estimate of drug-likeness (QED) is 0.729. The van der Waals surface area contributed by atoms with Crippen LogP contribution in [0.1, 0.15) is 38.2 Å². The van der Waals surface area contributed by atoms with Crippen LogP contribution in [-0.2, 0) is 19.2 Å². The van der Waals surface area contributed by atoms with Gasteiger partial charge in [0.05, 0.1) is 23.3 Å². The van der Waals surface area contributed by atoms with Crippen molar-refractivity contribution in [2.24, 2.45) is 7.05 Å². The first-order chi connectivity index (χ1) is 11.4. The zero-order valence-corrected chi connectivity index (χ0v) is 14.7. The first-order valence-electron chi connectivity index (χ1n) is 8.32. The number of nitrogens with zero attached hydrogens (tertiary/aromatic N) is 4. The van der Waals surface area contributed by atoms with Crippen LogP contribution in [0.4, 0.5) is 0 Å². The van der Waals surface area contributed by atoms with Gasteiger partial charge in [-0.05, 0) is 32.9 Å². The van der Waals surface area contributed by atoms with Crippen LogP contribution in [-0.4, -0.2) is 31.0 Å². The predicted molar refractivity (Wildman–Crippen MR) is 94.6 cm³/mol. The first-order valence-corrected chi connectivity index (χ1v) is 8.32. The number of fused-ring (bicyclic) bond motifs is 1. The molecule has 3 rings (SSSR count). The van der Waals surface area contributed by atoms with Crippen LogP contribution < -0.4 is 5.32 Å². The topological polar surface area (TPSA) is 67.9 Å². The molecule has 2 atom stereocenters. The Morgan fingerprint density at radius 3 is 2.75 bits per heavy atom. The summed E-state index contributed by atoms with van der Waals surface area (Å²) in [7, 11) is 1.85. The highest BCUT2D eigenvalue weighted by atomic mass is 16.3. The molecular formula is C18H25N5O. The average molecular weight is 327 g/mol. The maximum Gasteiger partial charge on any atom is 0.126 e. The third-order valence-corrected chi connectivity index (χ3v) is 4.47. The standard InChI is InChI=1S/C18H25N5O/c1-5-23-16-9-7-6-8-15(16)21-17(23)13(2)19-12-18(3,24)14-10-20-22(4)11-14/h6-11,13,19,24H,5,12H2,1-4H3. The lowest BCUT2D eigenvalue weighted by atomic mass is 9.99. The van der Waals surface area contributed by atoms with E-state index in [1.807, 2.05) is 31.4 Å². The summed E-state index contributed by atoms with van der Waals surface area (Å²) in [5.74, 6) is 0.987. The minimum absolute atomic E-state index is 0.0282. The largest absolute Gasteiger partial charge is 0.384 e. The Bertz CT molecular complexity index is 833. The highest BCUT2D eigenvalue weighted by Gasteiger charge is 2.26. The molecule has 2 unspecified atom stereocenters. The number of rotatable bonds is 6. The van der Waals surface area contributed by atoms with E-state index in [-0.39, 0.29) is 6.04 Å². The fourth-order valence-electron chi connectivity index (χ4n) is 3.00. The number of hydrogen-bond donors (Lipinski definition) is 2. The average Bonchev–Trinajstić information content (AvgIpc) is 3.16. The number of imidazole rings is 1. The van der Waals surface area contributed by atoms with Gasteiger partial charge < -0.3 is 15.0 Å². The van der Waals surface area contributed by atoms with Gasteiger partial charge in [-0.1, -0.05) is 12.1 Å². The lowest BCUT2D eigenvalue weighted by Crippen LogP contribution is -2.37. The molecule has 128 valence electrons. The molecular weight excluding hydrogens is 302 g/mol. The molecule has 1 aromatic carbocycles. The van der Waals surface area contributed by atoms with E-state index in [1.165, 1.54) is 0 Å². The molecule has 0 spiro atoms. The van der Waals surface area contributed by atoms with Crippen LogP contribution in [0.5, 0.6) is 0 Å². The number of para-hydroxylation sites is 2. The summed E-state index contributed by atoms with van der Waals surface area (Å²) in [4.78, 5) is 4.76. The highest BCUT2D eigenvalue weighted by molar-refractivity contribution is 5.76. The summed E-state index contributed by atoms with van der Waals surface area (Å²) < 4.78 is 3.91. The van der Waals surface area contributed by atoms with Gasteiger partial charge in [0.1, 0.15) is 11.4 Å². The molecule has 6 nitrogen and oxygen atoms in total. The third-order valence-electron chi connectivity index (χ3n) is 4.47. The Morgan fingerprint density at radius 2 is 2.08 bits per heavy atom. The number of hydrogen-bond acceptors (Lipinski definition) is 4. The lowest BCUT2D eigenvalue weighted by Gasteiger charge is -2.25. The summed E-state index contributed by atoms with van der Waals surface area (Å²) in [5.41, 5.74) is 1.96. The Kier molecular flexibility index (Phi) is 4.43. The summed E-state index contributed by atoms with van der Waals surface area (Å²) in [5, 5.41) is 18.3. The summed E-state index contributed by atoms with van der Waals surface area (Å²) in [6, 6.07) is 8.19. The molecule has 0 aliphatic heterocycles. The molecule has 2 heterocycles. The van der Waals surface area contributed by atoms with Gasteiger partial charge >= 0.3 is 0 Å². The number of aromatic nitrogens is 4. The smallest absolute Gasteiger partial charge is 0.126 e. The maximum absolute atomic E-state index is 10.7. The van der Waals surface area contributed by atoms with Crippen molar-refractivity contribution in [3.8, 4) is 0 Å². The SMILES string of the molecule is CCn1c(C(C)NCC(C)(O)c2cnn(C)c2)nc2ccccc21. The molecule has 0 aliphatic carbocycles. The second-order valence-corrected chi connectivity index (χ2v) is 6.48. The van der Waals surface area contributed by atoms with E-state index >= 15 is 0 Å². The second-order valence-electron chi connectivity index (χ2n) is 6.48. The maximum atomic E-state index is 10.7. The molecule has 2 N–H and O–H groups in total. The van der Waals surface area contributed by atoms with Crippen molar-refractivity contribution in [3.05, 3.63) is 48.0 Å². The fraction of sp³-hybridized carbons (Fsp3) is 0.444. The van der Waals surface area contributed by atoms with Gasteiger partial charge in [-0.25, -0.2) is 4.98 Å². The molecule has 0 aliphatic rings. The summed E-state index contributed by atoms with van der Waals surface area (Å²) >= 11 is 0. The minimum atomic E-state index is -0.981. The van der Waals surface area contributed by atoms with Crippen LogP contribution in [0.15, 0.2) is 36.7 Å². The van der Waals surface area contributed by atoms with E-state index in [0.29, 0.717) is 6.54 Å². The normalized spacial score (nSPS) is 15.5. The molecule has 0 fully saturated rings. The first kappa shape index (κ1) is 16.7. The molecule has 2 aromatic heterocycles. The molecule has 3 aromatic rings. The summed E-state index contributed by atoms with van der Waals surface area (Å²) in [6.45, 7) is 7.28. The van der Waals surface area contributed by atoms with Crippen molar-refractivity contribution in [2.45, 2.75) is 39.0 Å². The van der Waals surface area contributed by atoms with Gasteiger partial charge in [0.25, 0.3) is 0 Å². The molecule has 0 radical (unpaired) electrons. The van der Waals surface area contributed by atoms with Crippen molar-refractivity contribution in [3.63, 3.8) is 0 Å². The van der Waals surface area contributed by atoms with E-state index in [2.05, 4.69) is 34.9 Å². The highest BCUT2D eigenvalue weighted by Crippen LogP contribution is 2.23. The Morgan fingerprint density at radius 1 is 1.33 bits per heavy atom. The number of aryl methyl sites for hydroxylation is 2. The Labute approximate surface area is 142 Å². The minimum Gasteiger partial charge on any atom is -0.384 e. The zero-order chi connectivity index (χ0) is 17.3.